The molecule has 2 unspecified atom stereocenters. The molecule has 0 N–H and O–H groups in total. The van der Waals surface area contributed by atoms with Gasteiger partial charge in [-0.3, -0.25) is 0 Å². The van der Waals surface area contributed by atoms with E-state index >= 15 is 0 Å². The van der Waals surface area contributed by atoms with Gasteiger partial charge in [-0.15, -0.1) is 0 Å². The number of halogens is 3. The minimum atomic E-state index is -2.75. The van der Waals surface area contributed by atoms with Crippen LogP contribution in [-0.2, 0) is 0 Å². The van der Waals surface area contributed by atoms with Gasteiger partial charge in [0.15, 0.2) is 0 Å². The van der Waals surface area contributed by atoms with E-state index in [-0.39, 0.29) is 10.7 Å². The molecule has 0 aliphatic heterocycles. The Labute approximate surface area is 95.6 Å². The number of benzene rings is 1. The first kappa shape index (κ1) is 10.9. The maximum atomic E-state index is 12.2. The van der Waals surface area contributed by atoms with Crippen molar-refractivity contribution in [3.63, 3.8) is 0 Å². The number of ether oxygens (including phenoxy) is 1. The van der Waals surface area contributed by atoms with E-state index in [1.165, 1.54) is 0 Å². The average molecular weight is 277 g/mol. The van der Waals surface area contributed by atoms with Crippen LogP contribution in [0.1, 0.15) is 35.2 Å². The maximum absolute atomic E-state index is 12.2. The van der Waals surface area contributed by atoms with E-state index in [0.29, 0.717) is 5.75 Å². The summed E-state index contributed by atoms with van der Waals surface area (Å²) >= 11 is 3.53. The summed E-state index contributed by atoms with van der Waals surface area (Å²) < 4.78 is 28.9. The highest BCUT2D eigenvalue weighted by molar-refractivity contribution is 9.09. The molecule has 0 spiro atoms. The normalized spacial score (nSPS) is 24.3. The van der Waals surface area contributed by atoms with Crippen LogP contribution in [0.2, 0.25) is 0 Å². The van der Waals surface area contributed by atoms with E-state index < -0.39 is 6.61 Å². The largest absolute Gasteiger partial charge is 0.435 e. The van der Waals surface area contributed by atoms with Gasteiger partial charge in [-0.05, 0) is 24.0 Å². The number of rotatable bonds is 2. The molecule has 1 nitrogen and oxygen atoms in total. The van der Waals surface area contributed by atoms with Crippen molar-refractivity contribution < 1.29 is 13.5 Å². The molecule has 82 valence electrons. The van der Waals surface area contributed by atoms with Gasteiger partial charge in [0.2, 0.25) is 0 Å². The molecule has 2 rings (SSSR count). The number of alkyl halides is 3. The van der Waals surface area contributed by atoms with Crippen molar-refractivity contribution in [3.8, 4) is 5.75 Å². The van der Waals surface area contributed by atoms with E-state index in [9.17, 15) is 8.78 Å². The predicted molar refractivity (Wildman–Crippen MR) is 57.8 cm³/mol. The predicted octanol–water partition coefficient (Wildman–Crippen LogP) is 4.23. The fourth-order valence-electron chi connectivity index (χ4n) is 2.12. The highest BCUT2D eigenvalue weighted by atomic mass is 79.9. The zero-order valence-electron chi connectivity index (χ0n) is 8.21. The summed E-state index contributed by atoms with van der Waals surface area (Å²) in [6, 6.07) is 5.31. The van der Waals surface area contributed by atoms with Crippen LogP contribution in [0.5, 0.6) is 5.75 Å². The molecule has 1 aromatic carbocycles. The third-order valence-electron chi connectivity index (χ3n) is 2.71. The van der Waals surface area contributed by atoms with Gasteiger partial charge < -0.3 is 4.74 Å². The highest BCUT2D eigenvalue weighted by Crippen LogP contribution is 2.48. The number of fused-ring (bicyclic) bond motifs is 1. The molecule has 0 saturated carbocycles. The zero-order valence-corrected chi connectivity index (χ0v) is 9.80. The molecule has 4 heteroatoms. The second-order valence-corrected chi connectivity index (χ2v) is 4.85. The van der Waals surface area contributed by atoms with Crippen LogP contribution in [0.25, 0.3) is 0 Å². The summed E-state index contributed by atoms with van der Waals surface area (Å²) in [7, 11) is 0. The van der Waals surface area contributed by atoms with Gasteiger partial charge in [0.1, 0.15) is 5.75 Å². The van der Waals surface area contributed by atoms with Crippen LogP contribution in [0.3, 0.4) is 0 Å². The molecule has 1 aromatic rings. The quantitative estimate of drug-likeness (QED) is 0.735. The van der Waals surface area contributed by atoms with Crippen molar-refractivity contribution >= 4 is 15.9 Å². The van der Waals surface area contributed by atoms with Crippen LogP contribution in [0, 0.1) is 0 Å². The molecule has 0 amide bonds. The van der Waals surface area contributed by atoms with Crippen molar-refractivity contribution in [3.05, 3.63) is 29.3 Å². The Hall–Kier alpha value is -0.640. The van der Waals surface area contributed by atoms with Gasteiger partial charge in [-0.2, -0.15) is 8.78 Å². The van der Waals surface area contributed by atoms with E-state index in [4.69, 9.17) is 0 Å². The summed E-state index contributed by atoms with van der Waals surface area (Å²) in [5.74, 6) is 0.580. The summed E-state index contributed by atoms with van der Waals surface area (Å²) in [6.45, 7) is -0.726. The summed E-state index contributed by atoms with van der Waals surface area (Å²) in [5.41, 5.74) is 1.99. The highest BCUT2D eigenvalue weighted by Gasteiger charge is 2.29. The second-order valence-electron chi connectivity index (χ2n) is 3.74. The van der Waals surface area contributed by atoms with Crippen LogP contribution in [0.15, 0.2) is 18.2 Å². The Bertz CT molecular complexity index is 368. The Morgan fingerprint density at radius 2 is 2.20 bits per heavy atom. The molecule has 1 aliphatic rings. The molecule has 15 heavy (non-hydrogen) atoms. The van der Waals surface area contributed by atoms with Gasteiger partial charge in [-0.1, -0.05) is 35.0 Å². The molecule has 0 radical (unpaired) electrons. The fraction of sp³-hybridized carbons (Fsp3) is 0.455. The minimum absolute atomic E-state index is 0.253. The zero-order chi connectivity index (χ0) is 11.0. The first-order valence-corrected chi connectivity index (χ1v) is 5.73. The molecular weight excluding hydrogens is 266 g/mol. The Balaban J connectivity index is 2.41. The van der Waals surface area contributed by atoms with Crippen molar-refractivity contribution in [1.29, 1.82) is 0 Å². The summed E-state index contributed by atoms with van der Waals surface area (Å²) in [5, 5.41) is 0. The van der Waals surface area contributed by atoms with E-state index in [1.807, 2.05) is 13.0 Å². The summed E-state index contributed by atoms with van der Waals surface area (Å²) in [6.07, 6.45) is 0.930. The lowest BCUT2D eigenvalue weighted by atomic mass is 10.0. The lowest BCUT2D eigenvalue weighted by molar-refractivity contribution is -0.0505. The lowest BCUT2D eigenvalue weighted by Crippen LogP contribution is -2.05. The third kappa shape index (κ3) is 2.00. The molecule has 0 heterocycles. The Kier molecular flexibility index (Phi) is 2.96. The molecule has 2 atom stereocenters. The SMILES string of the molecule is CC1CC(Br)c2cccc(OC(F)F)c21. The van der Waals surface area contributed by atoms with Crippen LogP contribution < -0.4 is 4.74 Å². The average Bonchev–Trinajstić information content (AvgIpc) is 2.43. The molecular formula is C11H11BrF2O. The van der Waals surface area contributed by atoms with Crippen molar-refractivity contribution in [2.24, 2.45) is 0 Å². The van der Waals surface area contributed by atoms with E-state index in [0.717, 1.165) is 17.5 Å². The van der Waals surface area contributed by atoms with Crippen LogP contribution >= 0.6 is 15.9 Å². The number of hydrogen-bond acceptors (Lipinski definition) is 1. The van der Waals surface area contributed by atoms with Gasteiger partial charge in [0, 0.05) is 10.4 Å². The molecule has 0 fully saturated rings. The molecule has 1 aliphatic carbocycles. The third-order valence-corrected chi connectivity index (χ3v) is 3.57. The molecule has 0 saturated heterocycles. The standard InChI is InChI=1S/C11H11BrF2O/c1-6-5-8(12)7-3-2-4-9(10(6)7)15-11(13)14/h2-4,6,8,11H,5H2,1H3. The van der Waals surface area contributed by atoms with E-state index in [2.05, 4.69) is 20.7 Å². The first-order chi connectivity index (χ1) is 7.09. The fourth-order valence-corrected chi connectivity index (χ4v) is 3.08. The first-order valence-electron chi connectivity index (χ1n) is 4.81. The van der Waals surface area contributed by atoms with Crippen LogP contribution in [0.4, 0.5) is 8.78 Å². The molecule has 0 bridgehead atoms. The molecule has 0 aromatic heterocycles. The van der Waals surface area contributed by atoms with Gasteiger partial charge in [0.25, 0.3) is 0 Å². The van der Waals surface area contributed by atoms with Crippen LogP contribution in [-0.4, -0.2) is 6.61 Å². The maximum Gasteiger partial charge on any atom is 0.387 e. The van der Waals surface area contributed by atoms with Gasteiger partial charge >= 0.3 is 6.61 Å². The Morgan fingerprint density at radius 3 is 2.87 bits per heavy atom. The summed E-state index contributed by atoms with van der Waals surface area (Å²) in [4.78, 5) is 0.253. The smallest absolute Gasteiger partial charge is 0.387 e. The topological polar surface area (TPSA) is 9.23 Å². The van der Waals surface area contributed by atoms with Gasteiger partial charge in [-0.25, -0.2) is 0 Å². The number of hydrogen-bond donors (Lipinski definition) is 0. The minimum Gasteiger partial charge on any atom is -0.435 e. The van der Waals surface area contributed by atoms with Crippen molar-refractivity contribution in [2.45, 2.75) is 30.7 Å². The van der Waals surface area contributed by atoms with Crippen molar-refractivity contribution in [2.75, 3.05) is 0 Å². The van der Waals surface area contributed by atoms with Gasteiger partial charge in [0.05, 0.1) is 0 Å². The van der Waals surface area contributed by atoms with E-state index in [1.54, 1.807) is 12.1 Å². The Morgan fingerprint density at radius 1 is 1.47 bits per heavy atom. The lowest BCUT2D eigenvalue weighted by Gasteiger charge is -2.12. The monoisotopic (exact) mass is 276 g/mol. The second kappa shape index (κ2) is 4.08. The van der Waals surface area contributed by atoms with Crippen molar-refractivity contribution in [1.82, 2.24) is 0 Å².